The Morgan fingerprint density at radius 2 is 1.89 bits per heavy atom. The third-order valence-corrected chi connectivity index (χ3v) is 2.61. The molecule has 1 rings (SSSR count). The summed E-state index contributed by atoms with van der Waals surface area (Å²) in [5.74, 6) is -1.08. The van der Waals surface area contributed by atoms with Gasteiger partial charge in [-0.15, -0.1) is 0 Å². The molecule has 18 heavy (non-hydrogen) atoms. The molecule has 0 aromatic heterocycles. The van der Waals surface area contributed by atoms with E-state index in [4.69, 9.17) is 9.84 Å². The van der Waals surface area contributed by atoms with Gasteiger partial charge in [0.05, 0.1) is 0 Å². The van der Waals surface area contributed by atoms with Crippen molar-refractivity contribution >= 4 is 12.0 Å². The fraction of sp³-hybridized carbons (Fsp3) is 0.357. The van der Waals surface area contributed by atoms with E-state index >= 15 is 0 Å². The van der Waals surface area contributed by atoms with Gasteiger partial charge in [-0.05, 0) is 24.7 Å². The number of carbonyl (C=O) groups is 1. The smallest absolute Gasteiger partial charge is 0.371 e. The summed E-state index contributed by atoms with van der Waals surface area (Å²) < 4.78 is 5.34. The molecule has 1 aromatic rings. The van der Waals surface area contributed by atoms with Crippen LogP contribution in [0.2, 0.25) is 0 Å². The van der Waals surface area contributed by atoms with Crippen molar-refractivity contribution in [1.82, 2.24) is 4.90 Å². The van der Waals surface area contributed by atoms with Gasteiger partial charge in [0, 0.05) is 0 Å². The first-order valence-corrected chi connectivity index (χ1v) is 6.02. The predicted octanol–water partition coefficient (Wildman–Crippen LogP) is 2.43. The Bertz CT molecular complexity index is 397. The number of nitrogens with zero attached hydrogens (tertiary/aromatic N) is 1. The average molecular weight is 249 g/mol. The van der Waals surface area contributed by atoms with E-state index < -0.39 is 5.97 Å². The molecule has 0 heterocycles. The van der Waals surface area contributed by atoms with Gasteiger partial charge < -0.3 is 9.84 Å². The van der Waals surface area contributed by atoms with Crippen LogP contribution in [0.4, 0.5) is 0 Å². The fourth-order valence-corrected chi connectivity index (χ4v) is 1.43. The molecule has 4 heteroatoms. The van der Waals surface area contributed by atoms with E-state index in [0.29, 0.717) is 0 Å². The minimum Gasteiger partial charge on any atom is -0.475 e. The summed E-state index contributed by atoms with van der Waals surface area (Å²) in [5, 5.41) is 9.08. The van der Waals surface area contributed by atoms with Crippen molar-refractivity contribution in [2.24, 2.45) is 0 Å². The summed E-state index contributed by atoms with van der Waals surface area (Å²) >= 11 is 0. The molecule has 1 N–H and O–H groups in total. The zero-order chi connectivity index (χ0) is 13.4. The molecule has 0 aliphatic heterocycles. The van der Waals surface area contributed by atoms with Crippen molar-refractivity contribution in [3.05, 3.63) is 41.7 Å². The molecule has 0 bridgehead atoms. The van der Waals surface area contributed by atoms with E-state index in [1.807, 2.05) is 49.1 Å². The van der Waals surface area contributed by atoms with Gasteiger partial charge in [0.15, 0.2) is 0 Å². The highest BCUT2D eigenvalue weighted by molar-refractivity contribution is 5.89. The van der Waals surface area contributed by atoms with Crippen LogP contribution in [-0.2, 0) is 9.53 Å². The topological polar surface area (TPSA) is 49.8 Å². The van der Waals surface area contributed by atoms with Gasteiger partial charge in [-0.1, -0.05) is 44.2 Å². The number of hydrogen-bond donors (Lipinski definition) is 1. The van der Waals surface area contributed by atoms with Gasteiger partial charge in [-0.25, -0.2) is 4.79 Å². The largest absolute Gasteiger partial charge is 0.475 e. The van der Waals surface area contributed by atoms with Crippen LogP contribution in [0.25, 0.3) is 6.08 Å². The van der Waals surface area contributed by atoms with Gasteiger partial charge in [0.1, 0.15) is 6.73 Å². The summed E-state index contributed by atoms with van der Waals surface area (Å²) in [5.41, 5.74) is 0.814. The van der Waals surface area contributed by atoms with E-state index in [1.165, 1.54) is 6.08 Å². The first-order chi connectivity index (χ1) is 8.67. The quantitative estimate of drug-likeness (QED) is 0.458. The number of carboxylic acids is 1. The van der Waals surface area contributed by atoms with E-state index in [0.717, 1.165) is 18.7 Å². The van der Waals surface area contributed by atoms with Crippen LogP contribution < -0.4 is 0 Å². The van der Waals surface area contributed by atoms with Crippen LogP contribution >= 0.6 is 0 Å². The van der Waals surface area contributed by atoms with E-state index in [9.17, 15) is 4.79 Å². The van der Waals surface area contributed by atoms with Crippen molar-refractivity contribution in [1.29, 1.82) is 0 Å². The third-order valence-electron chi connectivity index (χ3n) is 2.61. The number of rotatable bonds is 7. The third kappa shape index (κ3) is 4.59. The van der Waals surface area contributed by atoms with Crippen LogP contribution in [0.1, 0.15) is 19.4 Å². The number of hydrogen-bond acceptors (Lipinski definition) is 3. The molecule has 0 fully saturated rings. The zero-order valence-corrected chi connectivity index (χ0v) is 10.8. The Morgan fingerprint density at radius 1 is 1.28 bits per heavy atom. The summed E-state index contributed by atoms with van der Waals surface area (Å²) in [7, 11) is 0. The lowest BCUT2D eigenvalue weighted by atomic mass is 10.2. The standard InChI is InChI=1S/C14H19NO3/c1-3-15(4-2)11-18-13(14(16)17)10-12-8-6-5-7-9-12/h5-10H,3-4,11H2,1-2H3,(H,16,17). The Labute approximate surface area is 107 Å². The second-order valence-electron chi connectivity index (χ2n) is 3.80. The predicted molar refractivity (Wildman–Crippen MR) is 70.9 cm³/mol. The first kappa shape index (κ1) is 14.3. The maximum Gasteiger partial charge on any atom is 0.371 e. The summed E-state index contributed by atoms with van der Waals surface area (Å²) in [6.07, 6.45) is 1.53. The highest BCUT2D eigenvalue weighted by Crippen LogP contribution is 2.08. The highest BCUT2D eigenvalue weighted by atomic mass is 16.5. The summed E-state index contributed by atoms with van der Waals surface area (Å²) in [4.78, 5) is 13.1. The Morgan fingerprint density at radius 3 is 2.39 bits per heavy atom. The molecule has 0 amide bonds. The molecule has 0 atom stereocenters. The Hall–Kier alpha value is -1.81. The molecule has 4 nitrogen and oxygen atoms in total. The summed E-state index contributed by atoms with van der Waals surface area (Å²) in [6.45, 7) is 5.96. The SMILES string of the molecule is CCN(CC)COC(=Cc1ccccc1)C(=O)O. The molecule has 0 aliphatic rings. The lowest BCUT2D eigenvalue weighted by Crippen LogP contribution is -2.26. The number of aliphatic carboxylic acids is 1. The molecule has 0 radical (unpaired) electrons. The van der Waals surface area contributed by atoms with Crippen molar-refractivity contribution in [3.63, 3.8) is 0 Å². The van der Waals surface area contributed by atoms with E-state index in [2.05, 4.69) is 0 Å². The molecule has 0 aliphatic carbocycles. The van der Waals surface area contributed by atoms with Gasteiger partial charge in [-0.3, -0.25) is 4.90 Å². The van der Waals surface area contributed by atoms with Gasteiger partial charge in [0.2, 0.25) is 5.76 Å². The first-order valence-electron chi connectivity index (χ1n) is 6.02. The van der Waals surface area contributed by atoms with Crippen molar-refractivity contribution in [2.75, 3.05) is 19.8 Å². The number of benzene rings is 1. The number of ether oxygens (including phenoxy) is 1. The minimum atomic E-state index is -1.05. The Kier molecular flexibility index (Phi) is 5.94. The molecule has 1 aromatic carbocycles. The van der Waals surface area contributed by atoms with Gasteiger partial charge in [0.25, 0.3) is 0 Å². The molecule has 0 unspecified atom stereocenters. The van der Waals surface area contributed by atoms with E-state index in [1.54, 1.807) is 0 Å². The number of carboxylic acid groups (broad SMARTS) is 1. The van der Waals surface area contributed by atoms with Crippen LogP contribution in [-0.4, -0.2) is 35.8 Å². The molecule has 0 saturated heterocycles. The van der Waals surface area contributed by atoms with Crippen molar-refractivity contribution in [3.8, 4) is 0 Å². The second-order valence-corrected chi connectivity index (χ2v) is 3.80. The molecule has 0 saturated carbocycles. The molecular formula is C14H19NO3. The molecular weight excluding hydrogens is 230 g/mol. The molecule has 0 spiro atoms. The van der Waals surface area contributed by atoms with Gasteiger partial charge in [-0.2, -0.15) is 0 Å². The van der Waals surface area contributed by atoms with Crippen molar-refractivity contribution in [2.45, 2.75) is 13.8 Å². The highest BCUT2D eigenvalue weighted by Gasteiger charge is 2.10. The monoisotopic (exact) mass is 249 g/mol. The normalized spacial score (nSPS) is 11.6. The second kappa shape index (κ2) is 7.50. The van der Waals surface area contributed by atoms with E-state index in [-0.39, 0.29) is 12.5 Å². The lowest BCUT2D eigenvalue weighted by molar-refractivity contribution is -0.137. The average Bonchev–Trinajstić information content (AvgIpc) is 2.39. The van der Waals surface area contributed by atoms with Crippen LogP contribution in [0.3, 0.4) is 0 Å². The lowest BCUT2D eigenvalue weighted by Gasteiger charge is -2.18. The maximum atomic E-state index is 11.1. The maximum absolute atomic E-state index is 11.1. The zero-order valence-electron chi connectivity index (χ0n) is 10.8. The summed E-state index contributed by atoms with van der Waals surface area (Å²) in [6, 6.07) is 9.27. The fourth-order valence-electron chi connectivity index (χ4n) is 1.43. The van der Waals surface area contributed by atoms with Crippen LogP contribution in [0.15, 0.2) is 36.1 Å². The van der Waals surface area contributed by atoms with Gasteiger partial charge >= 0.3 is 5.97 Å². The van der Waals surface area contributed by atoms with Crippen molar-refractivity contribution < 1.29 is 14.6 Å². The van der Waals surface area contributed by atoms with Crippen LogP contribution in [0.5, 0.6) is 0 Å². The molecule has 98 valence electrons. The Balaban J connectivity index is 2.72. The van der Waals surface area contributed by atoms with Crippen LogP contribution in [0, 0.1) is 0 Å². The minimum absolute atomic E-state index is 0.0342.